The number of nitrogens with zero attached hydrogens (tertiary/aromatic N) is 2. The molecule has 1 heterocycles. The number of benzene rings is 1. The quantitative estimate of drug-likeness (QED) is 0.916. The molecule has 2 aromatic rings. The molecule has 4 heteroatoms. The lowest BCUT2D eigenvalue weighted by Crippen LogP contribution is -2.08. The Hall–Kier alpha value is -1.81. The van der Waals surface area contributed by atoms with E-state index in [-0.39, 0.29) is 0 Å². The van der Waals surface area contributed by atoms with Gasteiger partial charge in [0.1, 0.15) is 11.6 Å². The fraction of sp³-hybridized carbons (Fsp3) is 0.400. The summed E-state index contributed by atoms with van der Waals surface area (Å²) in [4.78, 5) is 4.61. The van der Waals surface area contributed by atoms with Gasteiger partial charge in [-0.1, -0.05) is 11.6 Å². The first kappa shape index (κ1) is 13.6. The molecule has 0 bridgehead atoms. The van der Waals surface area contributed by atoms with Crippen LogP contribution < -0.4 is 10.5 Å². The number of imidazole rings is 1. The SMILES string of the molecule is COc1ccc(C)cc1-c1c(C)nc(CCN)n1C. The lowest BCUT2D eigenvalue weighted by atomic mass is 10.1. The lowest BCUT2D eigenvalue weighted by Gasteiger charge is -2.12. The zero-order valence-electron chi connectivity index (χ0n) is 12.0. The summed E-state index contributed by atoms with van der Waals surface area (Å²) in [5, 5.41) is 0. The molecule has 4 nitrogen and oxygen atoms in total. The third-order valence-corrected chi connectivity index (χ3v) is 3.34. The Morgan fingerprint density at radius 2 is 2.05 bits per heavy atom. The van der Waals surface area contributed by atoms with E-state index in [4.69, 9.17) is 10.5 Å². The summed E-state index contributed by atoms with van der Waals surface area (Å²) >= 11 is 0. The van der Waals surface area contributed by atoms with E-state index in [1.165, 1.54) is 5.56 Å². The van der Waals surface area contributed by atoms with Crippen LogP contribution >= 0.6 is 0 Å². The molecule has 1 aromatic heterocycles. The smallest absolute Gasteiger partial charge is 0.128 e. The molecule has 0 aliphatic heterocycles. The normalized spacial score (nSPS) is 10.8. The van der Waals surface area contributed by atoms with Crippen molar-refractivity contribution in [2.45, 2.75) is 20.3 Å². The van der Waals surface area contributed by atoms with Crippen molar-refractivity contribution in [1.82, 2.24) is 9.55 Å². The Labute approximate surface area is 114 Å². The van der Waals surface area contributed by atoms with E-state index in [1.807, 2.05) is 20.0 Å². The molecular formula is C15H21N3O. The van der Waals surface area contributed by atoms with Crippen molar-refractivity contribution in [2.75, 3.05) is 13.7 Å². The maximum atomic E-state index is 5.63. The van der Waals surface area contributed by atoms with Gasteiger partial charge in [-0.2, -0.15) is 0 Å². The number of aromatic nitrogens is 2. The molecule has 0 aliphatic carbocycles. The molecule has 19 heavy (non-hydrogen) atoms. The molecule has 0 spiro atoms. The predicted octanol–water partition coefficient (Wildman–Crippen LogP) is 2.21. The highest BCUT2D eigenvalue weighted by Crippen LogP contribution is 2.33. The number of rotatable bonds is 4. The van der Waals surface area contributed by atoms with Crippen LogP contribution in [-0.2, 0) is 13.5 Å². The number of hydrogen-bond donors (Lipinski definition) is 1. The number of aryl methyl sites for hydroxylation is 2. The fourth-order valence-electron chi connectivity index (χ4n) is 2.43. The van der Waals surface area contributed by atoms with Crippen LogP contribution in [0, 0.1) is 13.8 Å². The summed E-state index contributed by atoms with van der Waals surface area (Å²) < 4.78 is 7.58. The van der Waals surface area contributed by atoms with Gasteiger partial charge in [-0.15, -0.1) is 0 Å². The maximum Gasteiger partial charge on any atom is 0.128 e. The highest BCUT2D eigenvalue weighted by atomic mass is 16.5. The highest BCUT2D eigenvalue weighted by molar-refractivity contribution is 5.70. The van der Waals surface area contributed by atoms with Crippen LogP contribution in [0.3, 0.4) is 0 Å². The number of nitrogens with two attached hydrogens (primary N) is 1. The van der Waals surface area contributed by atoms with Gasteiger partial charge in [0.25, 0.3) is 0 Å². The van der Waals surface area contributed by atoms with Crippen LogP contribution in [0.25, 0.3) is 11.3 Å². The van der Waals surface area contributed by atoms with Gasteiger partial charge >= 0.3 is 0 Å². The molecule has 0 amide bonds. The third kappa shape index (κ3) is 2.49. The Kier molecular flexibility index (Phi) is 3.90. The molecule has 0 fully saturated rings. The number of ether oxygens (including phenoxy) is 1. The second-order valence-electron chi connectivity index (χ2n) is 4.76. The lowest BCUT2D eigenvalue weighted by molar-refractivity contribution is 0.416. The Balaban J connectivity index is 2.61. The summed E-state index contributed by atoms with van der Waals surface area (Å²) in [5.41, 5.74) is 10.0. The summed E-state index contributed by atoms with van der Waals surface area (Å²) in [6.45, 7) is 4.71. The van der Waals surface area contributed by atoms with Crippen molar-refractivity contribution in [3.8, 4) is 17.0 Å². The summed E-state index contributed by atoms with van der Waals surface area (Å²) in [7, 11) is 3.72. The minimum Gasteiger partial charge on any atom is -0.496 e. The van der Waals surface area contributed by atoms with Crippen molar-refractivity contribution >= 4 is 0 Å². The van der Waals surface area contributed by atoms with E-state index >= 15 is 0 Å². The van der Waals surface area contributed by atoms with Crippen LogP contribution in [-0.4, -0.2) is 23.2 Å². The fourth-order valence-corrected chi connectivity index (χ4v) is 2.43. The van der Waals surface area contributed by atoms with Crippen molar-refractivity contribution in [2.24, 2.45) is 12.8 Å². The monoisotopic (exact) mass is 259 g/mol. The average molecular weight is 259 g/mol. The second-order valence-corrected chi connectivity index (χ2v) is 4.76. The van der Waals surface area contributed by atoms with Crippen LogP contribution in [0.1, 0.15) is 17.1 Å². The minimum absolute atomic E-state index is 0.606. The summed E-state index contributed by atoms with van der Waals surface area (Å²) in [6, 6.07) is 6.18. The van der Waals surface area contributed by atoms with E-state index in [2.05, 4.69) is 28.6 Å². The summed E-state index contributed by atoms with van der Waals surface area (Å²) in [5.74, 6) is 1.88. The van der Waals surface area contributed by atoms with Gasteiger partial charge in [0, 0.05) is 19.0 Å². The molecular weight excluding hydrogens is 238 g/mol. The molecule has 0 unspecified atom stereocenters. The first-order valence-electron chi connectivity index (χ1n) is 6.45. The molecule has 1 aromatic carbocycles. The van der Waals surface area contributed by atoms with Gasteiger partial charge in [0.05, 0.1) is 18.5 Å². The van der Waals surface area contributed by atoms with E-state index in [9.17, 15) is 0 Å². The van der Waals surface area contributed by atoms with Crippen LogP contribution in [0.4, 0.5) is 0 Å². The molecule has 0 saturated heterocycles. The van der Waals surface area contributed by atoms with Crippen molar-refractivity contribution < 1.29 is 4.74 Å². The van der Waals surface area contributed by atoms with E-state index in [0.29, 0.717) is 6.54 Å². The van der Waals surface area contributed by atoms with E-state index in [0.717, 1.165) is 34.9 Å². The Morgan fingerprint density at radius 1 is 1.32 bits per heavy atom. The maximum absolute atomic E-state index is 5.63. The van der Waals surface area contributed by atoms with Gasteiger partial charge in [-0.25, -0.2) is 4.98 Å². The number of hydrogen-bond acceptors (Lipinski definition) is 3. The molecule has 0 atom stereocenters. The molecule has 102 valence electrons. The first-order valence-corrected chi connectivity index (χ1v) is 6.45. The third-order valence-electron chi connectivity index (χ3n) is 3.34. The Morgan fingerprint density at radius 3 is 2.68 bits per heavy atom. The molecule has 2 N–H and O–H groups in total. The zero-order chi connectivity index (χ0) is 14.0. The first-order chi connectivity index (χ1) is 9.08. The zero-order valence-corrected chi connectivity index (χ0v) is 12.0. The van der Waals surface area contributed by atoms with Crippen LogP contribution in [0.5, 0.6) is 5.75 Å². The van der Waals surface area contributed by atoms with Gasteiger partial charge in [-0.05, 0) is 32.5 Å². The van der Waals surface area contributed by atoms with Crippen molar-refractivity contribution in [3.05, 3.63) is 35.3 Å². The van der Waals surface area contributed by atoms with E-state index < -0.39 is 0 Å². The topological polar surface area (TPSA) is 53.1 Å². The second kappa shape index (κ2) is 5.45. The van der Waals surface area contributed by atoms with E-state index in [1.54, 1.807) is 7.11 Å². The van der Waals surface area contributed by atoms with Gasteiger partial charge < -0.3 is 15.0 Å². The molecule has 0 aliphatic rings. The predicted molar refractivity (Wildman–Crippen MR) is 77.4 cm³/mol. The minimum atomic E-state index is 0.606. The van der Waals surface area contributed by atoms with Gasteiger partial charge in [-0.3, -0.25) is 0 Å². The standard InChI is InChI=1S/C15H21N3O/c1-10-5-6-13(19-4)12(9-10)15-11(2)17-14(7-8-16)18(15)3/h5-6,9H,7-8,16H2,1-4H3. The molecule has 2 rings (SSSR count). The highest BCUT2D eigenvalue weighted by Gasteiger charge is 2.16. The average Bonchev–Trinajstić information content (AvgIpc) is 2.65. The molecule has 0 saturated carbocycles. The molecule has 0 radical (unpaired) electrons. The van der Waals surface area contributed by atoms with Gasteiger partial charge in [0.15, 0.2) is 0 Å². The van der Waals surface area contributed by atoms with Crippen LogP contribution in [0.2, 0.25) is 0 Å². The van der Waals surface area contributed by atoms with Gasteiger partial charge in [0.2, 0.25) is 0 Å². The summed E-state index contributed by atoms with van der Waals surface area (Å²) in [6.07, 6.45) is 0.783. The van der Waals surface area contributed by atoms with Crippen molar-refractivity contribution in [3.63, 3.8) is 0 Å². The van der Waals surface area contributed by atoms with Crippen LogP contribution in [0.15, 0.2) is 18.2 Å². The largest absolute Gasteiger partial charge is 0.496 e. The Bertz CT molecular complexity index is 587. The van der Waals surface area contributed by atoms with Crippen molar-refractivity contribution in [1.29, 1.82) is 0 Å². The number of methoxy groups -OCH3 is 1.